The summed E-state index contributed by atoms with van der Waals surface area (Å²) in [7, 11) is 1.56. The maximum absolute atomic E-state index is 11.9. The topological polar surface area (TPSA) is 47.6 Å². The minimum Gasteiger partial charge on any atom is -0.493 e. The summed E-state index contributed by atoms with van der Waals surface area (Å²) in [5.74, 6) is 1.14. The highest BCUT2D eigenvalue weighted by Gasteiger charge is 2.12. The largest absolute Gasteiger partial charge is 0.493 e. The molecule has 1 atom stereocenters. The standard InChI is InChI=1S/C14H21NO3/c1-5-10(3)15-14(16)11-7-8-12(18-6-2)13(9-11)17-4/h7-10H,5-6H2,1-4H3,(H,15,16)/t10-/m1/s1. The second kappa shape index (κ2) is 6.89. The summed E-state index contributed by atoms with van der Waals surface area (Å²) in [5, 5.41) is 2.91. The molecule has 0 bridgehead atoms. The van der Waals surface area contributed by atoms with Crippen molar-refractivity contribution in [1.29, 1.82) is 0 Å². The van der Waals surface area contributed by atoms with Crippen LogP contribution in [-0.2, 0) is 0 Å². The van der Waals surface area contributed by atoms with Crippen LogP contribution in [0.4, 0.5) is 0 Å². The van der Waals surface area contributed by atoms with E-state index in [1.54, 1.807) is 25.3 Å². The van der Waals surface area contributed by atoms with Gasteiger partial charge in [0.2, 0.25) is 0 Å². The van der Waals surface area contributed by atoms with Crippen LogP contribution in [0.5, 0.6) is 11.5 Å². The Balaban J connectivity index is 2.87. The molecule has 100 valence electrons. The number of nitrogens with one attached hydrogen (secondary N) is 1. The molecule has 1 amide bonds. The number of hydrogen-bond acceptors (Lipinski definition) is 3. The van der Waals surface area contributed by atoms with Gasteiger partial charge < -0.3 is 14.8 Å². The molecule has 0 saturated heterocycles. The minimum atomic E-state index is -0.0919. The molecule has 1 rings (SSSR count). The summed E-state index contributed by atoms with van der Waals surface area (Å²) in [6.07, 6.45) is 0.903. The van der Waals surface area contributed by atoms with Gasteiger partial charge in [-0.2, -0.15) is 0 Å². The average Bonchev–Trinajstić information content (AvgIpc) is 2.39. The fraction of sp³-hybridized carbons (Fsp3) is 0.500. The van der Waals surface area contributed by atoms with E-state index in [1.165, 1.54) is 0 Å². The highest BCUT2D eigenvalue weighted by Crippen LogP contribution is 2.27. The Kier molecular flexibility index (Phi) is 5.49. The first-order valence-electron chi connectivity index (χ1n) is 6.24. The van der Waals surface area contributed by atoms with Gasteiger partial charge in [-0.1, -0.05) is 6.92 Å². The molecule has 0 fully saturated rings. The number of hydrogen-bond donors (Lipinski definition) is 1. The molecular weight excluding hydrogens is 230 g/mol. The number of ether oxygens (including phenoxy) is 2. The average molecular weight is 251 g/mol. The molecule has 0 aliphatic rings. The van der Waals surface area contributed by atoms with Crippen molar-refractivity contribution in [3.8, 4) is 11.5 Å². The predicted molar refractivity (Wildman–Crippen MR) is 71.4 cm³/mol. The molecule has 4 nitrogen and oxygen atoms in total. The van der Waals surface area contributed by atoms with Crippen LogP contribution < -0.4 is 14.8 Å². The van der Waals surface area contributed by atoms with E-state index < -0.39 is 0 Å². The van der Waals surface area contributed by atoms with E-state index in [9.17, 15) is 4.79 Å². The monoisotopic (exact) mass is 251 g/mol. The third-order valence-electron chi connectivity index (χ3n) is 2.72. The van der Waals surface area contributed by atoms with Crippen LogP contribution in [0.3, 0.4) is 0 Å². The lowest BCUT2D eigenvalue weighted by Gasteiger charge is -2.13. The van der Waals surface area contributed by atoms with Gasteiger partial charge >= 0.3 is 0 Å². The Morgan fingerprint density at radius 3 is 2.61 bits per heavy atom. The number of amides is 1. The second-order valence-corrected chi connectivity index (χ2v) is 4.08. The maximum Gasteiger partial charge on any atom is 0.251 e. The van der Waals surface area contributed by atoms with E-state index in [2.05, 4.69) is 5.32 Å². The van der Waals surface area contributed by atoms with Crippen molar-refractivity contribution in [2.24, 2.45) is 0 Å². The normalized spacial score (nSPS) is 11.8. The van der Waals surface area contributed by atoms with Gasteiger partial charge in [-0.15, -0.1) is 0 Å². The highest BCUT2D eigenvalue weighted by molar-refractivity contribution is 5.95. The van der Waals surface area contributed by atoms with Crippen LogP contribution >= 0.6 is 0 Å². The van der Waals surface area contributed by atoms with Crippen LogP contribution in [0.1, 0.15) is 37.6 Å². The van der Waals surface area contributed by atoms with E-state index in [0.717, 1.165) is 6.42 Å². The summed E-state index contributed by atoms with van der Waals surface area (Å²) in [6.45, 7) is 6.48. The molecule has 1 N–H and O–H groups in total. The molecule has 4 heteroatoms. The molecule has 0 radical (unpaired) electrons. The van der Waals surface area contributed by atoms with Crippen molar-refractivity contribution in [2.75, 3.05) is 13.7 Å². The Morgan fingerprint density at radius 2 is 2.06 bits per heavy atom. The Labute approximate surface area is 108 Å². The molecule has 1 aromatic carbocycles. The number of benzene rings is 1. The van der Waals surface area contributed by atoms with Crippen molar-refractivity contribution >= 4 is 5.91 Å². The van der Waals surface area contributed by atoms with E-state index in [-0.39, 0.29) is 11.9 Å². The van der Waals surface area contributed by atoms with Gasteiger partial charge in [-0.3, -0.25) is 4.79 Å². The molecule has 0 heterocycles. The first-order valence-corrected chi connectivity index (χ1v) is 6.24. The number of methoxy groups -OCH3 is 1. The van der Waals surface area contributed by atoms with Gasteiger partial charge in [-0.05, 0) is 38.5 Å². The fourth-order valence-corrected chi connectivity index (χ4v) is 1.49. The van der Waals surface area contributed by atoms with Crippen molar-refractivity contribution in [3.63, 3.8) is 0 Å². The van der Waals surface area contributed by atoms with Gasteiger partial charge in [0.15, 0.2) is 11.5 Å². The predicted octanol–water partition coefficient (Wildman–Crippen LogP) is 2.62. The van der Waals surface area contributed by atoms with Gasteiger partial charge in [-0.25, -0.2) is 0 Å². The van der Waals surface area contributed by atoms with Crippen molar-refractivity contribution in [2.45, 2.75) is 33.2 Å². The van der Waals surface area contributed by atoms with Gasteiger partial charge in [0, 0.05) is 11.6 Å². The van der Waals surface area contributed by atoms with E-state index in [1.807, 2.05) is 20.8 Å². The smallest absolute Gasteiger partial charge is 0.251 e. The quantitative estimate of drug-likeness (QED) is 0.845. The summed E-state index contributed by atoms with van der Waals surface area (Å²) in [5.41, 5.74) is 0.579. The molecule has 0 saturated carbocycles. The summed E-state index contributed by atoms with van der Waals surface area (Å²) < 4.78 is 10.6. The number of rotatable bonds is 6. The van der Waals surface area contributed by atoms with E-state index in [4.69, 9.17) is 9.47 Å². The Morgan fingerprint density at radius 1 is 1.33 bits per heavy atom. The fourth-order valence-electron chi connectivity index (χ4n) is 1.49. The van der Waals surface area contributed by atoms with Crippen LogP contribution in [-0.4, -0.2) is 25.7 Å². The Hall–Kier alpha value is -1.71. The zero-order chi connectivity index (χ0) is 13.5. The van der Waals surface area contributed by atoms with Gasteiger partial charge in [0.05, 0.1) is 13.7 Å². The minimum absolute atomic E-state index is 0.0919. The molecule has 18 heavy (non-hydrogen) atoms. The maximum atomic E-state index is 11.9. The molecule has 1 aromatic rings. The zero-order valence-electron chi connectivity index (χ0n) is 11.4. The lowest BCUT2D eigenvalue weighted by molar-refractivity contribution is 0.0939. The molecular formula is C14H21NO3. The lowest BCUT2D eigenvalue weighted by atomic mass is 10.1. The van der Waals surface area contributed by atoms with Crippen LogP contribution in [0.15, 0.2) is 18.2 Å². The van der Waals surface area contributed by atoms with Gasteiger partial charge in [0.1, 0.15) is 0 Å². The van der Waals surface area contributed by atoms with Gasteiger partial charge in [0.25, 0.3) is 5.91 Å². The molecule has 0 aliphatic carbocycles. The van der Waals surface area contributed by atoms with Crippen LogP contribution in [0, 0.1) is 0 Å². The number of carbonyl (C=O) groups is 1. The molecule has 0 spiro atoms. The first kappa shape index (κ1) is 14.4. The van der Waals surface area contributed by atoms with Crippen LogP contribution in [0.25, 0.3) is 0 Å². The second-order valence-electron chi connectivity index (χ2n) is 4.08. The van der Waals surface area contributed by atoms with Crippen molar-refractivity contribution in [3.05, 3.63) is 23.8 Å². The Bertz CT molecular complexity index is 404. The summed E-state index contributed by atoms with van der Waals surface area (Å²) in [4.78, 5) is 11.9. The number of carbonyl (C=O) groups excluding carboxylic acids is 1. The first-order chi connectivity index (χ1) is 8.62. The van der Waals surface area contributed by atoms with Crippen LogP contribution in [0.2, 0.25) is 0 Å². The van der Waals surface area contributed by atoms with E-state index in [0.29, 0.717) is 23.7 Å². The molecule has 0 unspecified atom stereocenters. The highest BCUT2D eigenvalue weighted by atomic mass is 16.5. The lowest BCUT2D eigenvalue weighted by Crippen LogP contribution is -2.31. The summed E-state index contributed by atoms with van der Waals surface area (Å²) >= 11 is 0. The molecule has 0 aliphatic heterocycles. The zero-order valence-corrected chi connectivity index (χ0v) is 11.4. The van der Waals surface area contributed by atoms with E-state index >= 15 is 0 Å². The SMILES string of the molecule is CCOc1ccc(C(=O)N[C@H](C)CC)cc1OC. The third kappa shape index (κ3) is 3.65. The summed E-state index contributed by atoms with van der Waals surface area (Å²) in [6, 6.07) is 5.36. The van der Waals surface area contributed by atoms with Crippen molar-refractivity contribution < 1.29 is 14.3 Å². The third-order valence-corrected chi connectivity index (χ3v) is 2.72. The van der Waals surface area contributed by atoms with Crippen molar-refractivity contribution in [1.82, 2.24) is 5.32 Å². The molecule has 0 aromatic heterocycles.